The minimum atomic E-state index is -4.78. The third kappa shape index (κ3) is 8.84. The van der Waals surface area contributed by atoms with Gasteiger partial charge in [-0.2, -0.15) is 13.2 Å². The van der Waals surface area contributed by atoms with Crippen LogP contribution in [0.25, 0.3) is 11.1 Å². The van der Waals surface area contributed by atoms with E-state index in [1.807, 2.05) is 32.9 Å². The average molecular weight is 646 g/mol. The molecule has 3 rings (SSSR count). The first-order valence-electron chi connectivity index (χ1n) is 15.2. The number of aromatic nitrogens is 1. The maximum absolute atomic E-state index is 15.8. The molecule has 1 unspecified atom stereocenters. The first-order chi connectivity index (χ1) is 21.3. The number of rotatable bonds is 12. The second kappa shape index (κ2) is 14.6. The van der Waals surface area contributed by atoms with Gasteiger partial charge in [0.1, 0.15) is 11.9 Å². The van der Waals surface area contributed by atoms with Gasteiger partial charge in [0.25, 0.3) is 5.56 Å². The van der Waals surface area contributed by atoms with Gasteiger partial charge >= 0.3 is 12.1 Å². The van der Waals surface area contributed by atoms with Crippen molar-refractivity contribution in [3.8, 4) is 11.1 Å². The largest absolute Gasteiger partial charge is 0.481 e. The predicted molar refractivity (Wildman–Crippen MR) is 170 cm³/mol. The molecule has 2 N–H and O–H groups in total. The highest BCUT2D eigenvalue weighted by Crippen LogP contribution is 2.35. The number of amides is 1. The number of halogens is 4. The SMILES string of the molecule is Cc1cc(C)c(-c2cc(C)c(F)c([C@H](CC(=O)O)NC(=O)C(CC(C)C)n3cc(CCN(C)C)c(C(F)(F)F)cc3=O)c2)c(C)c1. The van der Waals surface area contributed by atoms with Crippen LogP contribution in [0.2, 0.25) is 0 Å². The first-order valence-corrected chi connectivity index (χ1v) is 15.2. The molecule has 2 aromatic carbocycles. The maximum atomic E-state index is 15.8. The molecule has 46 heavy (non-hydrogen) atoms. The molecule has 1 heterocycles. The number of pyridine rings is 1. The Morgan fingerprint density at radius 2 is 1.59 bits per heavy atom. The first kappa shape index (κ1) is 36.5. The van der Waals surface area contributed by atoms with Crippen molar-refractivity contribution in [1.82, 2.24) is 14.8 Å². The van der Waals surface area contributed by atoms with Gasteiger partial charge in [-0.05, 0) is 106 Å². The van der Waals surface area contributed by atoms with E-state index in [-0.39, 0.29) is 42.0 Å². The van der Waals surface area contributed by atoms with Crippen molar-refractivity contribution in [3.63, 3.8) is 0 Å². The Bertz CT molecular complexity index is 1640. The molecule has 1 amide bonds. The van der Waals surface area contributed by atoms with Crippen LogP contribution in [0.5, 0.6) is 0 Å². The van der Waals surface area contributed by atoms with Crippen molar-refractivity contribution < 1.29 is 32.3 Å². The molecular formula is C35H43F4N3O4. The summed E-state index contributed by atoms with van der Waals surface area (Å²) >= 11 is 0. The quantitative estimate of drug-likeness (QED) is 0.209. The summed E-state index contributed by atoms with van der Waals surface area (Å²) in [6, 6.07) is 5.06. The lowest BCUT2D eigenvalue weighted by Gasteiger charge is -2.27. The van der Waals surface area contributed by atoms with Gasteiger partial charge in [0.2, 0.25) is 5.91 Å². The summed E-state index contributed by atoms with van der Waals surface area (Å²) in [5, 5.41) is 12.4. The highest BCUT2D eigenvalue weighted by atomic mass is 19.4. The summed E-state index contributed by atoms with van der Waals surface area (Å²) < 4.78 is 58.4. The van der Waals surface area contributed by atoms with Gasteiger partial charge in [0, 0.05) is 24.4 Å². The minimum absolute atomic E-state index is 0.0328. The van der Waals surface area contributed by atoms with E-state index < -0.39 is 53.5 Å². The molecule has 7 nitrogen and oxygen atoms in total. The molecule has 0 bridgehead atoms. The number of carbonyl (C=O) groups excluding carboxylic acids is 1. The van der Waals surface area contributed by atoms with Crippen molar-refractivity contribution in [1.29, 1.82) is 0 Å². The summed E-state index contributed by atoms with van der Waals surface area (Å²) in [4.78, 5) is 40.8. The molecular weight excluding hydrogens is 602 g/mol. The molecule has 11 heteroatoms. The van der Waals surface area contributed by atoms with Crippen LogP contribution in [-0.4, -0.2) is 47.1 Å². The highest BCUT2D eigenvalue weighted by molar-refractivity contribution is 5.82. The van der Waals surface area contributed by atoms with Crippen LogP contribution in [0.4, 0.5) is 17.6 Å². The summed E-state index contributed by atoms with van der Waals surface area (Å²) in [7, 11) is 3.41. The molecule has 250 valence electrons. The highest BCUT2D eigenvalue weighted by Gasteiger charge is 2.36. The van der Waals surface area contributed by atoms with Crippen LogP contribution in [0, 0.1) is 39.4 Å². The zero-order chi connectivity index (χ0) is 34.7. The van der Waals surface area contributed by atoms with Crippen LogP contribution in [-0.2, 0) is 22.2 Å². The number of carbonyl (C=O) groups is 2. The van der Waals surface area contributed by atoms with E-state index in [1.165, 1.54) is 6.07 Å². The summed E-state index contributed by atoms with van der Waals surface area (Å²) in [5.41, 5.74) is 2.40. The Balaban J connectivity index is 2.15. The van der Waals surface area contributed by atoms with Crippen LogP contribution in [0.15, 0.2) is 41.3 Å². The topological polar surface area (TPSA) is 91.6 Å². The fourth-order valence-electron chi connectivity index (χ4n) is 5.95. The molecule has 0 radical (unpaired) electrons. The lowest BCUT2D eigenvalue weighted by atomic mass is 9.89. The van der Waals surface area contributed by atoms with Gasteiger partial charge in [0.05, 0.1) is 18.0 Å². The van der Waals surface area contributed by atoms with E-state index in [0.717, 1.165) is 33.0 Å². The minimum Gasteiger partial charge on any atom is -0.481 e. The maximum Gasteiger partial charge on any atom is 0.416 e. The van der Waals surface area contributed by atoms with Crippen molar-refractivity contribution in [2.24, 2.45) is 5.92 Å². The number of carboxylic acids is 1. The van der Waals surface area contributed by atoms with Crippen LogP contribution < -0.4 is 10.9 Å². The number of aliphatic carboxylic acids is 1. The fraction of sp³-hybridized carbons (Fsp3) is 0.457. The van der Waals surface area contributed by atoms with Crippen LogP contribution in [0.3, 0.4) is 0 Å². The fourth-order valence-corrected chi connectivity index (χ4v) is 5.95. The molecule has 0 aliphatic carbocycles. The Hall–Kier alpha value is -3.99. The van der Waals surface area contributed by atoms with Crippen molar-refractivity contribution in [2.75, 3.05) is 20.6 Å². The molecule has 0 saturated carbocycles. The van der Waals surface area contributed by atoms with Gasteiger partial charge in [-0.3, -0.25) is 14.4 Å². The lowest BCUT2D eigenvalue weighted by Crippen LogP contribution is -2.41. The third-order valence-electron chi connectivity index (χ3n) is 7.95. The molecule has 3 aromatic rings. The number of nitrogens with one attached hydrogen (secondary N) is 1. The lowest BCUT2D eigenvalue weighted by molar-refractivity contribution is -0.139. The van der Waals surface area contributed by atoms with Gasteiger partial charge in [-0.15, -0.1) is 0 Å². The molecule has 0 saturated heterocycles. The number of hydrogen-bond donors (Lipinski definition) is 2. The Morgan fingerprint density at radius 3 is 2.11 bits per heavy atom. The second-order valence-electron chi connectivity index (χ2n) is 12.8. The van der Waals surface area contributed by atoms with Gasteiger partial charge in [0.15, 0.2) is 0 Å². The second-order valence-corrected chi connectivity index (χ2v) is 12.8. The Morgan fingerprint density at radius 1 is 0.978 bits per heavy atom. The van der Waals surface area contributed by atoms with E-state index in [0.29, 0.717) is 11.6 Å². The van der Waals surface area contributed by atoms with E-state index >= 15 is 4.39 Å². The van der Waals surface area contributed by atoms with Gasteiger partial charge in [-0.1, -0.05) is 31.5 Å². The Labute approximate surface area is 267 Å². The predicted octanol–water partition coefficient (Wildman–Crippen LogP) is 6.93. The number of benzene rings is 2. The summed E-state index contributed by atoms with van der Waals surface area (Å²) in [6.45, 7) is 11.2. The van der Waals surface area contributed by atoms with Crippen LogP contribution in [0.1, 0.15) is 77.7 Å². The Kier molecular flexibility index (Phi) is 11.6. The number of likely N-dealkylation sites (N-methyl/N-ethyl adjacent to an activating group) is 1. The number of aryl methyl sites for hydroxylation is 4. The average Bonchev–Trinajstić information content (AvgIpc) is 2.90. The smallest absolute Gasteiger partial charge is 0.416 e. The molecule has 1 aromatic heterocycles. The number of alkyl halides is 3. The standard InChI is InChI=1S/C35H43F4N3O4/c1-19(2)11-29(42-18-24(9-10-41(7)8)27(16-30(42)43)35(37,38)39)34(46)40-28(17-31(44)45)26-15-25(14-23(6)33(26)36)32-21(4)12-20(3)13-22(32)5/h12-16,18-19,28-29H,9-11,17H2,1-8H3,(H,40,46)(H,44,45)/t28-,29?/m0/s1. The monoisotopic (exact) mass is 645 g/mol. The molecule has 2 atom stereocenters. The number of nitrogens with zero attached hydrogens (tertiary/aromatic N) is 2. The molecule has 0 aliphatic heterocycles. The van der Waals surface area contributed by atoms with Crippen molar-refractivity contribution in [3.05, 3.63) is 91.6 Å². The summed E-state index contributed by atoms with van der Waals surface area (Å²) in [6.07, 6.45) is -4.34. The summed E-state index contributed by atoms with van der Waals surface area (Å²) in [5.74, 6) is -2.96. The van der Waals surface area contributed by atoms with E-state index in [4.69, 9.17) is 0 Å². The van der Waals surface area contributed by atoms with Gasteiger partial charge < -0.3 is 19.9 Å². The van der Waals surface area contributed by atoms with Crippen LogP contribution >= 0.6 is 0 Å². The molecule has 0 aliphatic rings. The van der Waals surface area contributed by atoms with E-state index in [2.05, 4.69) is 5.32 Å². The van der Waals surface area contributed by atoms with Gasteiger partial charge in [-0.25, -0.2) is 4.39 Å². The number of hydrogen-bond acceptors (Lipinski definition) is 4. The van der Waals surface area contributed by atoms with Crippen molar-refractivity contribution >= 4 is 11.9 Å². The van der Waals surface area contributed by atoms with Crippen molar-refractivity contribution in [2.45, 2.75) is 79.1 Å². The number of carboxylic acid groups (broad SMARTS) is 1. The zero-order valence-corrected chi connectivity index (χ0v) is 27.6. The molecule has 0 fully saturated rings. The van der Waals surface area contributed by atoms with E-state index in [1.54, 1.807) is 45.8 Å². The zero-order valence-electron chi connectivity index (χ0n) is 27.6. The van der Waals surface area contributed by atoms with E-state index in [9.17, 15) is 32.7 Å². The third-order valence-corrected chi connectivity index (χ3v) is 7.95. The molecule has 0 spiro atoms. The normalized spacial score (nSPS) is 13.3.